The number of hydrogen-bond acceptors (Lipinski definition) is 2. The Bertz CT molecular complexity index is 2140. The molecule has 2 unspecified atom stereocenters. The second kappa shape index (κ2) is 9.15. The van der Waals surface area contributed by atoms with Crippen molar-refractivity contribution in [3.05, 3.63) is 132 Å². The molecule has 0 spiro atoms. The Balaban J connectivity index is 1.20. The highest BCUT2D eigenvalue weighted by Crippen LogP contribution is 2.55. The predicted molar refractivity (Wildman–Crippen MR) is 173 cm³/mol. The van der Waals surface area contributed by atoms with Crippen LogP contribution >= 0.6 is 0 Å². The van der Waals surface area contributed by atoms with Gasteiger partial charge in [-0.15, -0.1) is 0 Å². The molecule has 0 bridgehead atoms. The van der Waals surface area contributed by atoms with Crippen molar-refractivity contribution in [1.29, 1.82) is 0 Å². The minimum atomic E-state index is 0.0526. The quantitative estimate of drug-likeness (QED) is 0.220. The van der Waals surface area contributed by atoms with E-state index in [1.807, 2.05) is 18.6 Å². The number of hydrogen-bond donors (Lipinski definition) is 0. The number of nitrogens with zero attached hydrogens (tertiary/aromatic N) is 4. The van der Waals surface area contributed by atoms with Gasteiger partial charge < -0.3 is 0 Å². The fourth-order valence-corrected chi connectivity index (χ4v) is 6.64. The van der Waals surface area contributed by atoms with E-state index in [0.29, 0.717) is 11.8 Å². The molecule has 1 fully saturated rings. The van der Waals surface area contributed by atoms with Gasteiger partial charge in [-0.3, -0.25) is 9.13 Å². The van der Waals surface area contributed by atoms with E-state index in [0.717, 1.165) is 23.3 Å². The molecular formula is C38H34N4. The van der Waals surface area contributed by atoms with Crippen LogP contribution in [0.4, 0.5) is 0 Å². The van der Waals surface area contributed by atoms with Crippen molar-refractivity contribution in [3.8, 4) is 11.5 Å². The van der Waals surface area contributed by atoms with Crippen molar-refractivity contribution < 1.29 is 0 Å². The molecule has 0 saturated heterocycles. The highest BCUT2D eigenvalue weighted by molar-refractivity contribution is 6.09. The summed E-state index contributed by atoms with van der Waals surface area (Å²) in [6.07, 6.45) is 5.06. The maximum atomic E-state index is 4.88. The van der Waals surface area contributed by atoms with Gasteiger partial charge in [0.05, 0.1) is 22.1 Å². The Morgan fingerprint density at radius 2 is 1.52 bits per heavy atom. The fraction of sp³-hybridized carbons (Fsp3) is 0.211. The minimum Gasteiger partial charge on any atom is -0.299 e. The first kappa shape index (κ1) is 25.0. The van der Waals surface area contributed by atoms with Gasteiger partial charge in [-0.2, -0.15) is 0 Å². The Kier molecular flexibility index (Phi) is 5.46. The zero-order valence-corrected chi connectivity index (χ0v) is 24.5. The third kappa shape index (κ3) is 4.05. The Labute approximate surface area is 246 Å². The van der Waals surface area contributed by atoms with Crippen LogP contribution in [0, 0.1) is 6.92 Å². The number of para-hydroxylation sites is 2. The molecule has 42 heavy (non-hydrogen) atoms. The van der Waals surface area contributed by atoms with E-state index in [2.05, 4.69) is 133 Å². The lowest BCUT2D eigenvalue weighted by molar-refractivity contribution is 0.588. The second-order valence-electron chi connectivity index (χ2n) is 12.9. The molecule has 4 heteroatoms. The number of imidazole rings is 1. The fourth-order valence-electron chi connectivity index (χ4n) is 6.64. The zero-order chi connectivity index (χ0) is 28.6. The van der Waals surface area contributed by atoms with Gasteiger partial charge >= 0.3 is 0 Å². The summed E-state index contributed by atoms with van der Waals surface area (Å²) in [5.74, 6) is 2.00. The molecule has 0 amide bonds. The maximum Gasteiger partial charge on any atom is 0.137 e. The molecule has 0 N–H and O–H groups in total. The Morgan fingerprint density at radius 1 is 0.690 bits per heavy atom. The van der Waals surface area contributed by atoms with Gasteiger partial charge in [0.1, 0.15) is 12.1 Å². The van der Waals surface area contributed by atoms with Gasteiger partial charge in [-0.1, -0.05) is 68.8 Å². The summed E-state index contributed by atoms with van der Waals surface area (Å²) in [6.45, 7) is 8.95. The first-order chi connectivity index (χ1) is 20.3. The van der Waals surface area contributed by atoms with Crippen LogP contribution < -0.4 is 0 Å². The van der Waals surface area contributed by atoms with Crippen molar-refractivity contribution in [2.45, 2.75) is 51.4 Å². The summed E-state index contributed by atoms with van der Waals surface area (Å²) in [5, 5.41) is 2.57. The Hall–Kier alpha value is -4.70. The van der Waals surface area contributed by atoms with Crippen LogP contribution in [0.15, 0.2) is 110 Å². The van der Waals surface area contributed by atoms with Crippen LogP contribution in [0.5, 0.6) is 0 Å². The van der Waals surface area contributed by atoms with Crippen LogP contribution in [0.3, 0.4) is 0 Å². The Morgan fingerprint density at radius 3 is 2.38 bits per heavy atom. The lowest BCUT2D eigenvalue weighted by atomic mass is 9.88. The van der Waals surface area contributed by atoms with E-state index >= 15 is 0 Å². The van der Waals surface area contributed by atoms with Gasteiger partial charge in [-0.25, -0.2) is 9.97 Å². The summed E-state index contributed by atoms with van der Waals surface area (Å²) in [5.41, 5.74) is 11.2. The third-order valence-corrected chi connectivity index (χ3v) is 9.04. The molecule has 1 saturated carbocycles. The average Bonchev–Trinajstić information content (AvgIpc) is 3.58. The third-order valence-electron chi connectivity index (χ3n) is 9.04. The van der Waals surface area contributed by atoms with Crippen LogP contribution in [0.25, 0.3) is 44.3 Å². The number of fused-ring (bicyclic) bond motifs is 4. The van der Waals surface area contributed by atoms with Crippen molar-refractivity contribution >= 4 is 32.8 Å². The highest BCUT2D eigenvalue weighted by atomic mass is 15.1. The molecule has 3 aromatic heterocycles. The number of aromatic nitrogens is 4. The van der Waals surface area contributed by atoms with Gasteiger partial charge in [0.15, 0.2) is 0 Å². The van der Waals surface area contributed by atoms with Gasteiger partial charge in [0.2, 0.25) is 0 Å². The molecule has 1 aliphatic rings. The molecule has 2 atom stereocenters. The first-order valence-corrected chi connectivity index (χ1v) is 14.9. The molecule has 7 aromatic rings. The van der Waals surface area contributed by atoms with Gasteiger partial charge in [0, 0.05) is 22.7 Å². The molecule has 1 aliphatic carbocycles. The molecule has 8 rings (SSSR count). The van der Waals surface area contributed by atoms with Crippen LogP contribution in [0.1, 0.15) is 61.3 Å². The maximum absolute atomic E-state index is 4.88. The highest BCUT2D eigenvalue weighted by Gasteiger charge is 2.40. The SMILES string of the molecule is Cc1ccc2c(c1)c1ccc(C3CC3c3cccc(-n4cnc5ccccc54)c3)cc1n2-c1cc(C(C)(C)C)ccn1. The van der Waals surface area contributed by atoms with Crippen molar-refractivity contribution in [1.82, 2.24) is 19.1 Å². The molecule has 4 aromatic carbocycles. The van der Waals surface area contributed by atoms with E-state index in [9.17, 15) is 0 Å². The summed E-state index contributed by atoms with van der Waals surface area (Å²) in [7, 11) is 0. The minimum absolute atomic E-state index is 0.0526. The van der Waals surface area contributed by atoms with Crippen molar-refractivity contribution in [2.75, 3.05) is 0 Å². The summed E-state index contributed by atoms with van der Waals surface area (Å²) >= 11 is 0. The van der Waals surface area contributed by atoms with Crippen LogP contribution in [-0.4, -0.2) is 19.1 Å². The predicted octanol–water partition coefficient (Wildman–Crippen LogP) is 9.39. The topological polar surface area (TPSA) is 35.6 Å². The molecule has 4 nitrogen and oxygen atoms in total. The van der Waals surface area contributed by atoms with E-state index in [1.54, 1.807) is 0 Å². The van der Waals surface area contributed by atoms with Gasteiger partial charge in [0.25, 0.3) is 0 Å². The van der Waals surface area contributed by atoms with E-state index in [-0.39, 0.29) is 5.41 Å². The smallest absolute Gasteiger partial charge is 0.137 e. The van der Waals surface area contributed by atoms with Crippen LogP contribution in [0.2, 0.25) is 0 Å². The number of aryl methyl sites for hydroxylation is 1. The summed E-state index contributed by atoms with van der Waals surface area (Å²) in [6, 6.07) is 35.6. The number of rotatable bonds is 4. The standard InChI is InChI=1S/C38H34N4/c1-24-12-15-34-32(18-24)29-14-13-26(20-36(29)42(34)37-21-27(16-17-39-37)38(2,3)4)31-22-30(31)25-8-7-9-28(19-25)41-23-40-33-10-5-6-11-35(33)41/h5-21,23,30-31H,22H2,1-4H3. The average molecular weight is 547 g/mol. The monoisotopic (exact) mass is 546 g/mol. The van der Waals surface area contributed by atoms with Crippen molar-refractivity contribution in [3.63, 3.8) is 0 Å². The largest absolute Gasteiger partial charge is 0.299 e. The number of pyridine rings is 1. The lowest BCUT2D eigenvalue weighted by Gasteiger charge is -2.20. The summed E-state index contributed by atoms with van der Waals surface area (Å²) < 4.78 is 4.56. The normalized spacial score (nSPS) is 17.0. The molecule has 3 heterocycles. The van der Waals surface area contributed by atoms with E-state index in [4.69, 9.17) is 4.98 Å². The summed E-state index contributed by atoms with van der Waals surface area (Å²) in [4.78, 5) is 9.49. The zero-order valence-electron chi connectivity index (χ0n) is 24.5. The van der Waals surface area contributed by atoms with Crippen LogP contribution in [-0.2, 0) is 5.41 Å². The second-order valence-corrected chi connectivity index (χ2v) is 12.9. The molecular weight excluding hydrogens is 512 g/mol. The molecule has 0 aliphatic heterocycles. The lowest BCUT2D eigenvalue weighted by Crippen LogP contribution is -2.12. The van der Waals surface area contributed by atoms with E-state index in [1.165, 1.54) is 49.7 Å². The molecule has 206 valence electrons. The first-order valence-electron chi connectivity index (χ1n) is 14.9. The number of benzene rings is 4. The van der Waals surface area contributed by atoms with Crippen molar-refractivity contribution in [2.24, 2.45) is 0 Å². The molecule has 0 radical (unpaired) electrons. The van der Waals surface area contributed by atoms with E-state index < -0.39 is 0 Å². The van der Waals surface area contributed by atoms with Gasteiger partial charge in [-0.05, 0) is 102 Å².